The maximum atomic E-state index is 11.8. The Morgan fingerprint density at radius 3 is 1.78 bits per heavy atom. The predicted molar refractivity (Wildman–Crippen MR) is 67.9 cm³/mol. The fourth-order valence-electron chi connectivity index (χ4n) is 1.62. The van der Waals surface area contributed by atoms with Gasteiger partial charge in [-0.3, -0.25) is 0 Å². The zero-order chi connectivity index (χ0) is 13.0. The Balaban J connectivity index is 2.01. The van der Waals surface area contributed by atoms with E-state index in [0.29, 0.717) is 0 Å². The van der Waals surface area contributed by atoms with Crippen LogP contribution in [-0.2, 0) is 14.1 Å². The van der Waals surface area contributed by atoms with Crippen molar-refractivity contribution in [1.82, 2.24) is 0 Å². The third-order valence-electron chi connectivity index (χ3n) is 2.40. The van der Waals surface area contributed by atoms with Crippen LogP contribution in [0.4, 0.5) is 16.2 Å². The van der Waals surface area contributed by atoms with Crippen LogP contribution in [-0.4, -0.2) is 6.03 Å². The van der Waals surface area contributed by atoms with Gasteiger partial charge in [0.2, 0.25) is 0 Å². The molecule has 0 saturated carbocycles. The lowest BCUT2D eigenvalue weighted by molar-refractivity contribution is -0.670. The number of anilines is 2. The molecule has 2 N–H and O–H groups in total. The highest BCUT2D eigenvalue weighted by Crippen LogP contribution is 2.05. The molecule has 2 aromatic rings. The van der Waals surface area contributed by atoms with E-state index < -0.39 is 0 Å². The third-order valence-corrected chi connectivity index (χ3v) is 2.40. The molecule has 0 saturated heterocycles. The van der Waals surface area contributed by atoms with E-state index in [9.17, 15) is 4.79 Å². The minimum Gasteiger partial charge on any atom is -0.302 e. The van der Waals surface area contributed by atoms with Crippen LogP contribution in [0.3, 0.4) is 0 Å². The number of carbonyl (C=O) groups excluding carboxylic acids is 1. The molecular weight excluding hydrogens is 228 g/mol. The Morgan fingerprint density at radius 1 is 0.944 bits per heavy atom. The van der Waals surface area contributed by atoms with Gasteiger partial charge in [0.25, 0.3) is 0 Å². The lowest BCUT2D eigenvalue weighted by atomic mass is 10.4. The molecular formula is C13H16N4O+2. The number of hydrogen-bond acceptors (Lipinski definition) is 1. The number of urea groups is 1. The summed E-state index contributed by atoms with van der Waals surface area (Å²) in [6, 6.07) is 7.16. The molecule has 0 aromatic carbocycles. The lowest BCUT2D eigenvalue weighted by Crippen LogP contribution is -2.30. The van der Waals surface area contributed by atoms with Crippen LogP contribution in [0.25, 0.3) is 0 Å². The van der Waals surface area contributed by atoms with Crippen molar-refractivity contribution in [3.8, 4) is 0 Å². The van der Waals surface area contributed by atoms with Crippen LogP contribution in [0.15, 0.2) is 49.1 Å². The molecule has 2 aromatic heterocycles. The summed E-state index contributed by atoms with van der Waals surface area (Å²) in [4.78, 5) is 11.8. The van der Waals surface area contributed by atoms with E-state index in [-0.39, 0.29) is 6.03 Å². The molecule has 0 unspecified atom stereocenters. The Hall–Kier alpha value is -2.43. The Bertz CT molecular complexity index is 519. The van der Waals surface area contributed by atoms with E-state index in [0.717, 1.165) is 11.4 Å². The average molecular weight is 244 g/mol. The van der Waals surface area contributed by atoms with Crippen molar-refractivity contribution in [2.75, 3.05) is 10.6 Å². The largest absolute Gasteiger partial charge is 0.324 e. The third kappa shape index (κ3) is 3.28. The summed E-state index contributed by atoms with van der Waals surface area (Å²) < 4.78 is 3.75. The molecule has 5 heteroatoms. The van der Waals surface area contributed by atoms with Gasteiger partial charge in [0, 0.05) is 12.1 Å². The molecule has 0 aliphatic rings. The summed E-state index contributed by atoms with van der Waals surface area (Å²) in [7, 11) is 3.81. The van der Waals surface area contributed by atoms with Gasteiger partial charge in [-0.2, -0.15) is 0 Å². The summed E-state index contributed by atoms with van der Waals surface area (Å²) in [6.07, 6.45) is 7.48. The molecule has 18 heavy (non-hydrogen) atoms. The lowest BCUT2D eigenvalue weighted by Gasteiger charge is -2.05. The van der Waals surface area contributed by atoms with Crippen LogP contribution >= 0.6 is 0 Å². The number of aryl methyl sites for hydroxylation is 2. The molecule has 0 aliphatic carbocycles. The molecule has 92 valence electrons. The van der Waals surface area contributed by atoms with E-state index >= 15 is 0 Å². The van der Waals surface area contributed by atoms with E-state index in [1.54, 1.807) is 0 Å². The number of rotatable bonds is 2. The Morgan fingerprint density at radius 2 is 1.39 bits per heavy atom. The van der Waals surface area contributed by atoms with Crippen LogP contribution in [0, 0.1) is 0 Å². The molecule has 0 bridgehead atoms. The van der Waals surface area contributed by atoms with Gasteiger partial charge in [0.05, 0.1) is 0 Å². The van der Waals surface area contributed by atoms with Crippen molar-refractivity contribution in [2.45, 2.75) is 0 Å². The summed E-state index contributed by atoms with van der Waals surface area (Å²) >= 11 is 0. The number of pyridine rings is 2. The van der Waals surface area contributed by atoms with Gasteiger partial charge < -0.3 is 10.6 Å². The first kappa shape index (κ1) is 12.0. The van der Waals surface area contributed by atoms with Gasteiger partial charge in [0.15, 0.2) is 24.8 Å². The van der Waals surface area contributed by atoms with Gasteiger partial charge in [-0.05, 0) is 12.1 Å². The first-order valence-corrected chi connectivity index (χ1v) is 5.62. The molecule has 0 aliphatic heterocycles. The Labute approximate surface area is 106 Å². The van der Waals surface area contributed by atoms with Crippen molar-refractivity contribution >= 4 is 17.4 Å². The molecule has 0 fully saturated rings. The van der Waals surface area contributed by atoms with Gasteiger partial charge in [0.1, 0.15) is 25.5 Å². The monoisotopic (exact) mass is 244 g/mol. The number of carbonyl (C=O) groups is 1. The second kappa shape index (κ2) is 5.27. The number of hydrogen-bond donors (Lipinski definition) is 2. The van der Waals surface area contributed by atoms with Gasteiger partial charge in [-0.1, -0.05) is 0 Å². The molecule has 2 rings (SSSR count). The minimum absolute atomic E-state index is 0.257. The molecule has 2 heterocycles. The molecule has 0 spiro atoms. The van der Waals surface area contributed by atoms with Crippen LogP contribution in [0.2, 0.25) is 0 Å². The standard InChI is InChI=1S/C13H15N4O/c1-16-7-3-5-11(9-16)14-13(18)15-12-6-4-8-17(2)10-12/h3-10H,1-2H3,(H-,14,15,18)/q+1/p+1. The zero-order valence-electron chi connectivity index (χ0n) is 10.4. The topological polar surface area (TPSA) is 48.9 Å². The fourth-order valence-corrected chi connectivity index (χ4v) is 1.62. The number of aromatic nitrogens is 2. The highest BCUT2D eigenvalue weighted by Gasteiger charge is 2.06. The summed E-state index contributed by atoms with van der Waals surface area (Å²) in [6.45, 7) is 0. The normalized spacial score (nSPS) is 9.89. The maximum absolute atomic E-state index is 11.8. The van der Waals surface area contributed by atoms with Gasteiger partial charge in [-0.15, -0.1) is 0 Å². The van der Waals surface area contributed by atoms with Crippen molar-refractivity contribution in [1.29, 1.82) is 0 Å². The van der Waals surface area contributed by atoms with E-state index in [1.807, 2.05) is 72.3 Å². The molecule has 0 atom stereocenters. The van der Waals surface area contributed by atoms with Crippen molar-refractivity contribution < 1.29 is 13.9 Å². The highest BCUT2D eigenvalue weighted by molar-refractivity contribution is 5.99. The van der Waals surface area contributed by atoms with Crippen molar-refractivity contribution in [2.24, 2.45) is 14.1 Å². The number of amides is 2. The van der Waals surface area contributed by atoms with Crippen LogP contribution in [0.5, 0.6) is 0 Å². The molecule has 0 radical (unpaired) electrons. The highest BCUT2D eigenvalue weighted by atomic mass is 16.2. The van der Waals surface area contributed by atoms with Crippen molar-refractivity contribution in [3.63, 3.8) is 0 Å². The van der Waals surface area contributed by atoms with E-state index in [2.05, 4.69) is 10.6 Å². The average Bonchev–Trinajstić information content (AvgIpc) is 2.28. The quantitative estimate of drug-likeness (QED) is 0.760. The first-order chi connectivity index (χ1) is 8.63. The molecule has 2 amide bonds. The van der Waals surface area contributed by atoms with Crippen LogP contribution < -0.4 is 19.8 Å². The zero-order valence-corrected chi connectivity index (χ0v) is 10.4. The first-order valence-electron chi connectivity index (χ1n) is 5.62. The smallest absolute Gasteiger partial charge is 0.302 e. The minimum atomic E-state index is -0.257. The van der Waals surface area contributed by atoms with Gasteiger partial charge >= 0.3 is 6.03 Å². The predicted octanol–water partition coefficient (Wildman–Crippen LogP) is 0.980. The van der Waals surface area contributed by atoms with Gasteiger partial charge in [-0.25, -0.2) is 13.9 Å². The molecule has 5 nitrogen and oxygen atoms in total. The number of nitrogens with zero attached hydrogens (tertiary/aromatic N) is 2. The summed E-state index contributed by atoms with van der Waals surface area (Å²) in [5.41, 5.74) is 1.50. The summed E-state index contributed by atoms with van der Waals surface area (Å²) in [5.74, 6) is 0. The second-order valence-electron chi connectivity index (χ2n) is 4.10. The SMILES string of the molecule is C[n+]1cccc(NC(=O)Nc2ccc[n+](C)c2)c1. The van der Waals surface area contributed by atoms with Crippen LogP contribution in [0.1, 0.15) is 0 Å². The summed E-state index contributed by atoms with van der Waals surface area (Å²) in [5, 5.41) is 5.54. The maximum Gasteiger partial charge on any atom is 0.324 e. The van der Waals surface area contributed by atoms with E-state index in [1.165, 1.54) is 0 Å². The number of nitrogens with one attached hydrogen (secondary N) is 2. The van der Waals surface area contributed by atoms with Crippen molar-refractivity contribution in [3.05, 3.63) is 49.1 Å². The Kier molecular flexibility index (Phi) is 3.52. The second-order valence-corrected chi connectivity index (χ2v) is 4.10. The van der Waals surface area contributed by atoms with E-state index in [4.69, 9.17) is 0 Å². The fraction of sp³-hybridized carbons (Fsp3) is 0.154.